The first-order valence-corrected chi connectivity index (χ1v) is 6.11. The third-order valence-electron chi connectivity index (χ3n) is 3.00. The molecular formula is C15H17FN2O. The second kappa shape index (κ2) is 5.36. The Hall–Kier alpha value is -1.94. The van der Waals surface area contributed by atoms with E-state index in [0.717, 1.165) is 5.56 Å². The molecule has 0 saturated carbocycles. The predicted octanol–water partition coefficient (Wildman–Crippen LogP) is 2.99. The minimum atomic E-state index is -0.605. The van der Waals surface area contributed by atoms with Gasteiger partial charge >= 0.3 is 0 Å². The van der Waals surface area contributed by atoms with E-state index in [1.54, 1.807) is 24.5 Å². The van der Waals surface area contributed by atoms with E-state index in [1.165, 1.54) is 6.07 Å². The van der Waals surface area contributed by atoms with Crippen molar-refractivity contribution in [3.05, 3.63) is 59.7 Å². The normalized spacial score (nSPS) is 11.4. The molecule has 1 aromatic carbocycles. The van der Waals surface area contributed by atoms with E-state index in [4.69, 9.17) is 10.5 Å². The van der Waals surface area contributed by atoms with Crippen LogP contribution in [0.3, 0.4) is 0 Å². The Morgan fingerprint density at radius 1 is 1.26 bits per heavy atom. The van der Waals surface area contributed by atoms with E-state index in [2.05, 4.69) is 4.98 Å². The first-order valence-electron chi connectivity index (χ1n) is 6.11. The fourth-order valence-electron chi connectivity index (χ4n) is 1.89. The first-order chi connectivity index (χ1) is 9.04. The fraction of sp³-hybridized carbons (Fsp3) is 0.267. The number of aromatic nitrogens is 1. The molecule has 2 rings (SSSR count). The zero-order chi connectivity index (χ0) is 13.9. The Labute approximate surface area is 112 Å². The number of ether oxygens (including phenoxy) is 1. The molecule has 0 atom stereocenters. The maximum atomic E-state index is 13.7. The molecule has 0 bridgehead atoms. The van der Waals surface area contributed by atoms with Crippen LogP contribution in [0.1, 0.15) is 25.0 Å². The van der Waals surface area contributed by atoms with Crippen molar-refractivity contribution in [3.63, 3.8) is 0 Å². The molecule has 1 heterocycles. The van der Waals surface area contributed by atoms with Gasteiger partial charge in [0.15, 0.2) is 0 Å². The van der Waals surface area contributed by atoms with Gasteiger partial charge in [-0.3, -0.25) is 4.98 Å². The Morgan fingerprint density at radius 2 is 2.05 bits per heavy atom. The lowest BCUT2D eigenvalue weighted by Crippen LogP contribution is -2.26. The van der Waals surface area contributed by atoms with Crippen LogP contribution in [0, 0.1) is 5.82 Å². The van der Waals surface area contributed by atoms with Gasteiger partial charge in [-0.1, -0.05) is 12.1 Å². The molecule has 0 aliphatic rings. The Balaban J connectivity index is 2.33. The van der Waals surface area contributed by atoms with Crippen molar-refractivity contribution in [2.24, 2.45) is 5.73 Å². The van der Waals surface area contributed by atoms with Gasteiger partial charge in [0.25, 0.3) is 0 Å². The molecule has 0 unspecified atom stereocenters. The van der Waals surface area contributed by atoms with Gasteiger partial charge in [-0.15, -0.1) is 0 Å². The zero-order valence-electron chi connectivity index (χ0n) is 11.1. The summed E-state index contributed by atoms with van der Waals surface area (Å²) in [5, 5.41) is 0. The number of benzene rings is 1. The van der Waals surface area contributed by atoms with Gasteiger partial charge < -0.3 is 10.5 Å². The first kappa shape index (κ1) is 13.5. The van der Waals surface area contributed by atoms with Crippen molar-refractivity contribution in [1.82, 2.24) is 4.98 Å². The number of rotatable bonds is 4. The highest BCUT2D eigenvalue weighted by Crippen LogP contribution is 2.30. The van der Waals surface area contributed by atoms with Gasteiger partial charge in [-0.2, -0.15) is 0 Å². The molecule has 2 aromatic rings. The minimum Gasteiger partial charge on any atom is -0.483 e. The molecule has 0 aliphatic carbocycles. The summed E-state index contributed by atoms with van der Waals surface area (Å²) in [6, 6.07) is 8.49. The van der Waals surface area contributed by atoms with Gasteiger partial charge in [0.05, 0.1) is 0 Å². The molecule has 0 amide bonds. The molecule has 4 heteroatoms. The summed E-state index contributed by atoms with van der Waals surface area (Å²) in [6.07, 6.45) is 3.44. The lowest BCUT2D eigenvalue weighted by Gasteiger charge is -2.28. The third-order valence-corrected chi connectivity index (χ3v) is 3.00. The van der Waals surface area contributed by atoms with Crippen LogP contribution in [0.2, 0.25) is 0 Å². The molecular weight excluding hydrogens is 243 g/mol. The summed E-state index contributed by atoms with van der Waals surface area (Å²) in [5.74, 6) is 0.123. The van der Waals surface area contributed by atoms with Crippen molar-refractivity contribution in [1.29, 1.82) is 0 Å². The summed E-state index contributed by atoms with van der Waals surface area (Å²) in [5.41, 5.74) is 6.28. The van der Waals surface area contributed by atoms with Crippen molar-refractivity contribution >= 4 is 0 Å². The van der Waals surface area contributed by atoms with Crippen LogP contribution in [-0.4, -0.2) is 4.98 Å². The lowest BCUT2D eigenvalue weighted by molar-refractivity contribution is 0.106. The molecule has 1 aromatic heterocycles. The number of halogens is 1. The molecule has 0 saturated heterocycles. The standard InChI is InChI=1S/C15H17FN2O/c1-15(2,11-5-4-8-18-10-11)19-14-7-3-6-13(16)12(14)9-17/h3-8,10H,9,17H2,1-2H3. The summed E-state index contributed by atoms with van der Waals surface area (Å²) < 4.78 is 19.6. The smallest absolute Gasteiger partial charge is 0.131 e. The van der Waals surface area contributed by atoms with Crippen molar-refractivity contribution < 1.29 is 9.13 Å². The number of nitrogens with zero attached hydrogens (tertiary/aromatic N) is 1. The Kier molecular flexibility index (Phi) is 3.81. The largest absolute Gasteiger partial charge is 0.483 e. The van der Waals surface area contributed by atoms with Crippen molar-refractivity contribution in [3.8, 4) is 5.75 Å². The van der Waals surface area contributed by atoms with Crippen LogP contribution in [0.4, 0.5) is 4.39 Å². The van der Waals surface area contributed by atoms with Gasteiger partial charge in [0.1, 0.15) is 17.2 Å². The number of hydrogen-bond acceptors (Lipinski definition) is 3. The summed E-state index contributed by atoms with van der Waals surface area (Å²) >= 11 is 0. The second-order valence-corrected chi connectivity index (χ2v) is 4.77. The van der Waals surface area contributed by atoms with Crippen molar-refractivity contribution in [2.75, 3.05) is 0 Å². The van der Waals surface area contributed by atoms with E-state index >= 15 is 0 Å². The highest BCUT2D eigenvalue weighted by molar-refractivity contribution is 5.35. The topological polar surface area (TPSA) is 48.1 Å². The summed E-state index contributed by atoms with van der Waals surface area (Å²) in [6.45, 7) is 3.93. The SMILES string of the molecule is CC(C)(Oc1cccc(F)c1CN)c1cccnc1. The maximum Gasteiger partial charge on any atom is 0.131 e. The third kappa shape index (κ3) is 2.90. The average molecular weight is 260 g/mol. The van der Waals surface area contributed by atoms with Crippen LogP contribution >= 0.6 is 0 Å². The van der Waals surface area contributed by atoms with Gasteiger partial charge in [0, 0.05) is 30.1 Å². The predicted molar refractivity (Wildman–Crippen MR) is 72.2 cm³/mol. The quantitative estimate of drug-likeness (QED) is 0.919. The number of hydrogen-bond donors (Lipinski definition) is 1. The molecule has 0 spiro atoms. The highest BCUT2D eigenvalue weighted by atomic mass is 19.1. The average Bonchev–Trinajstić information content (AvgIpc) is 2.40. The van der Waals surface area contributed by atoms with Gasteiger partial charge in [-0.05, 0) is 32.0 Å². The summed E-state index contributed by atoms with van der Waals surface area (Å²) in [7, 11) is 0. The number of nitrogens with two attached hydrogens (primary N) is 1. The van der Waals surface area contributed by atoms with Crippen LogP contribution in [0.5, 0.6) is 5.75 Å². The molecule has 0 radical (unpaired) electrons. The minimum absolute atomic E-state index is 0.102. The van der Waals surface area contributed by atoms with Gasteiger partial charge in [-0.25, -0.2) is 4.39 Å². The van der Waals surface area contributed by atoms with E-state index in [9.17, 15) is 4.39 Å². The second-order valence-electron chi connectivity index (χ2n) is 4.77. The Bertz CT molecular complexity index is 555. The molecule has 100 valence electrons. The molecule has 0 fully saturated rings. The van der Waals surface area contributed by atoms with Crippen LogP contribution in [0.15, 0.2) is 42.7 Å². The van der Waals surface area contributed by atoms with E-state index in [1.807, 2.05) is 26.0 Å². The van der Waals surface area contributed by atoms with Crippen LogP contribution < -0.4 is 10.5 Å². The Morgan fingerprint density at radius 3 is 2.68 bits per heavy atom. The maximum absolute atomic E-state index is 13.7. The molecule has 3 nitrogen and oxygen atoms in total. The van der Waals surface area contributed by atoms with Gasteiger partial charge in [0.2, 0.25) is 0 Å². The monoisotopic (exact) mass is 260 g/mol. The van der Waals surface area contributed by atoms with Crippen molar-refractivity contribution in [2.45, 2.75) is 26.0 Å². The number of pyridine rings is 1. The summed E-state index contributed by atoms with van der Waals surface area (Å²) in [4.78, 5) is 4.07. The molecule has 0 aliphatic heterocycles. The highest BCUT2D eigenvalue weighted by Gasteiger charge is 2.24. The van der Waals surface area contributed by atoms with E-state index in [0.29, 0.717) is 11.3 Å². The van der Waals surface area contributed by atoms with E-state index < -0.39 is 5.60 Å². The van der Waals surface area contributed by atoms with Crippen LogP contribution in [-0.2, 0) is 12.1 Å². The lowest BCUT2D eigenvalue weighted by atomic mass is 10.00. The van der Waals surface area contributed by atoms with E-state index in [-0.39, 0.29) is 12.4 Å². The fourth-order valence-corrected chi connectivity index (χ4v) is 1.89. The molecule has 19 heavy (non-hydrogen) atoms. The zero-order valence-corrected chi connectivity index (χ0v) is 11.1. The van der Waals surface area contributed by atoms with Crippen LogP contribution in [0.25, 0.3) is 0 Å². The molecule has 2 N–H and O–H groups in total.